The highest BCUT2D eigenvalue weighted by atomic mass is 32.2. The molecule has 2 rings (SSSR count). The Hall–Kier alpha value is -1.41. The molecule has 2 heterocycles. The van der Waals surface area contributed by atoms with Gasteiger partial charge in [-0.25, -0.2) is 19.7 Å². The molecule has 0 aliphatic rings. The molecule has 0 spiro atoms. The van der Waals surface area contributed by atoms with Crippen LogP contribution in [0.2, 0.25) is 0 Å². The summed E-state index contributed by atoms with van der Waals surface area (Å²) in [6, 6.07) is -0.426. The predicted octanol–water partition coefficient (Wildman–Crippen LogP) is 2.58. The molecule has 0 saturated heterocycles. The molecule has 0 aromatic carbocycles. The summed E-state index contributed by atoms with van der Waals surface area (Å²) in [7, 11) is 1.83. The van der Waals surface area contributed by atoms with Gasteiger partial charge in [-0.15, -0.1) is 11.3 Å². The third kappa shape index (κ3) is 3.44. The van der Waals surface area contributed by atoms with E-state index in [0.717, 1.165) is 9.04 Å². The summed E-state index contributed by atoms with van der Waals surface area (Å²) in [4.78, 5) is 26.7. The van der Waals surface area contributed by atoms with Gasteiger partial charge in [0, 0.05) is 7.05 Å². The number of hydrogen-bond donors (Lipinski definition) is 0. The van der Waals surface area contributed by atoms with Gasteiger partial charge in [0.15, 0.2) is 15.8 Å². The standard InChI is InChI=1S/C13H18N4O2S2/c1-7(2)19-12(18)8(3)17(4)11-9-10(14-6-15-11)16-13(20-5)21-9/h6-8H,1-5H3. The molecule has 1 unspecified atom stereocenters. The highest BCUT2D eigenvalue weighted by Crippen LogP contribution is 2.32. The monoisotopic (exact) mass is 326 g/mol. The molecule has 0 amide bonds. The van der Waals surface area contributed by atoms with Crippen LogP contribution in [0, 0.1) is 0 Å². The normalized spacial score (nSPS) is 12.7. The molecule has 0 saturated carbocycles. The lowest BCUT2D eigenvalue weighted by atomic mass is 10.3. The zero-order valence-electron chi connectivity index (χ0n) is 12.7. The number of rotatable bonds is 5. The van der Waals surface area contributed by atoms with Crippen LogP contribution in [0.5, 0.6) is 0 Å². The molecule has 8 heteroatoms. The van der Waals surface area contributed by atoms with E-state index in [4.69, 9.17) is 4.74 Å². The Morgan fingerprint density at radius 3 is 2.71 bits per heavy atom. The van der Waals surface area contributed by atoms with Crippen molar-refractivity contribution in [3.8, 4) is 0 Å². The van der Waals surface area contributed by atoms with E-state index in [-0.39, 0.29) is 12.1 Å². The quantitative estimate of drug-likeness (QED) is 0.618. The van der Waals surface area contributed by atoms with Crippen LogP contribution in [0.3, 0.4) is 0 Å². The first-order chi connectivity index (χ1) is 9.93. The fourth-order valence-corrected chi connectivity index (χ4v) is 3.28. The minimum Gasteiger partial charge on any atom is -0.461 e. The molecule has 0 aliphatic heterocycles. The zero-order chi connectivity index (χ0) is 15.6. The lowest BCUT2D eigenvalue weighted by molar-refractivity contribution is -0.148. The number of fused-ring (bicyclic) bond motifs is 1. The fraction of sp³-hybridized carbons (Fsp3) is 0.538. The highest BCUT2D eigenvalue weighted by molar-refractivity contribution is 8.00. The maximum atomic E-state index is 12.0. The van der Waals surface area contributed by atoms with Crippen molar-refractivity contribution < 1.29 is 9.53 Å². The lowest BCUT2D eigenvalue weighted by Crippen LogP contribution is -2.38. The van der Waals surface area contributed by atoms with Gasteiger partial charge in [-0.3, -0.25) is 0 Å². The second-order valence-electron chi connectivity index (χ2n) is 4.81. The number of carbonyl (C=O) groups excluding carboxylic acids is 1. The molecule has 2 aromatic heterocycles. The Bertz CT molecular complexity index is 644. The third-order valence-corrected chi connectivity index (χ3v) is 4.96. The average molecular weight is 326 g/mol. The van der Waals surface area contributed by atoms with Gasteiger partial charge >= 0.3 is 5.97 Å². The van der Waals surface area contributed by atoms with Crippen LogP contribution in [0.15, 0.2) is 10.7 Å². The van der Waals surface area contributed by atoms with Crippen LogP contribution in [0.4, 0.5) is 5.82 Å². The van der Waals surface area contributed by atoms with Gasteiger partial charge in [0.05, 0.1) is 6.10 Å². The van der Waals surface area contributed by atoms with E-state index in [1.54, 1.807) is 23.6 Å². The van der Waals surface area contributed by atoms with Crippen molar-refractivity contribution >= 4 is 45.2 Å². The smallest absolute Gasteiger partial charge is 0.328 e. The minimum atomic E-state index is -0.426. The number of thiazole rings is 1. The third-order valence-electron chi connectivity index (χ3n) is 2.94. The van der Waals surface area contributed by atoms with E-state index in [1.807, 2.05) is 27.2 Å². The molecule has 0 aliphatic carbocycles. The summed E-state index contributed by atoms with van der Waals surface area (Å²) < 4.78 is 7.06. The Balaban J connectivity index is 2.32. The molecular formula is C13H18N4O2S2. The zero-order valence-corrected chi connectivity index (χ0v) is 14.3. The highest BCUT2D eigenvalue weighted by Gasteiger charge is 2.24. The lowest BCUT2D eigenvalue weighted by Gasteiger charge is -2.25. The fourth-order valence-electron chi connectivity index (χ4n) is 1.73. The first-order valence-corrected chi connectivity index (χ1v) is 8.57. The van der Waals surface area contributed by atoms with Crippen LogP contribution in [-0.2, 0) is 9.53 Å². The summed E-state index contributed by atoms with van der Waals surface area (Å²) in [5, 5.41) is 0. The minimum absolute atomic E-state index is 0.134. The molecule has 0 N–H and O–H groups in total. The molecule has 0 radical (unpaired) electrons. The van der Waals surface area contributed by atoms with Crippen molar-refractivity contribution in [2.75, 3.05) is 18.2 Å². The first kappa shape index (κ1) is 16.0. The average Bonchev–Trinajstić information content (AvgIpc) is 2.87. The van der Waals surface area contributed by atoms with Crippen LogP contribution >= 0.6 is 23.1 Å². The van der Waals surface area contributed by atoms with Crippen LogP contribution < -0.4 is 4.90 Å². The van der Waals surface area contributed by atoms with E-state index < -0.39 is 6.04 Å². The number of nitrogens with zero attached hydrogens (tertiary/aromatic N) is 4. The first-order valence-electron chi connectivity index (χ1n) is 6.53. The van der Waals surface area contributed by atoms with E-state index >= 15 is 0 Å². The summed E-state index contributed by atoms with van der Waals surface area (Å²) in [5.41, 5.74) is 0.658. The van der Waals surface area contributed by atoms with Gasteiger partial charge in [0.2, 0.25) is 0 Å². The second-order valence-corrected chi connectivity index (χ2v) is 6.86. The van der Waals surface area contributed by atoms with Crippen molar-refractivity contribution in [3.63, 3.8) is 0 Å². The predicted molar refractivity (Wildman–Crippen MR) is 86.1 cm³/mol. The number of hydrogen-bond acceptors (Lipinski definition) is 8. The van der Waals surface area contributed by atoms with E-state index in [2.05, 4.69) is 15.0 Å². The van der Waals surface area contributed by atoms with Gasteiger partial charge in [0.1, 0.15) is 17.1 Å². The van der Waals surface area contributed by atoms with Crippen molar-refractivity contribution in [1.82, 2.24) is 15.0 Å². The summed E-state index contributed by atoms with van der Waals surface area (Å²) in [5.74, 6) is 0.430. The van der Waals surface area contributed by atoms with E-state index in [0.29, 0.717) is 11.5 Å². The SMILES string of the molecule is CSc1nc2ncnc(N(C)C(C)C(=O)OC(C)C)c2s1. The van der Waals surface area contributed by atoms with E-state index in [9.17, 15) is 4.79 Å². The molecular weight excluding hydrogens is 308 g/mol. The number of thioether (sulfide) groups is 1. The van der Waals surface area contributed by atoms with Crippen molar-refractivity contribution in [3.05, 3.63) is 6.33 Å². The largest absolute Gasteiger partial charge is 0.461 e. The van der Waals surface area contributed by atoms with Gasteiger partial charge in [-0.2, -0.15) is 0 Å². The molecule has 1 atom stereocenters. The maximum absolute atomic E-state index is 12.0. The van der Waals surface area contributed by atoms with Crippen molar-refractivity contribution in [1.29, 1.82) is 0 Å². The molecule has 6 nitrogen and oxygen atoms in total. The topological polar surface area (TPSA) is 68.2 Å². The van der Waals surface area contributed by atoms with Crippen LogP contribution in [-0.4, -0.2) is 46.4 Å². The van der Waals surface area contributed by atoms with Gasteiger partial charge < -0.3 is 9.64 Å². The van der Waals surface area contributed by atoms with Crippen molar-refractivity contribution in [2.24, 2.45) is 0 Å². The summed E-state index contributed by atoms with van der Waals surface area (Å²) in [6.45, 7) is 5.47. The second kappa shape index (κ2) is 6.57. The maximum Gasteiger partial charge on any atom is 0.328 e. The molecule has 2 aromatic rings. The molecule has 0 fully saturated rings. The Kier molecular flexibility index (Phi) is 5.00. The van der Waals surface area contributed by atoms with Gasteiger partial charge in [-0.1, -0.05) is 11.8 Å². The Morgan fingerprint density at radius 2 is 2.10 bits per heavy atom. The number of esters is 1. The van der Waals surface area contributed by atoms with E-state index in [1.165, 1.54) is 17.7 Å². The summed E-state index contributed by atoms with van der Waals surface area (Å²) in [6.07, 6.45) is 3.31. The van der Waals surface area contributed by atoms with Gasteiger partial charge in [-0.05, 0) is 27.0 Å². The van der Waals surface area contributed by atoms with Crippen LogP contribution in [0.1, 0.15) is 20.8 Å². The number of ether oxygens (including phenoxy) is 1. The Labute approximate surface area is 131 Å². The van der Waals surface area contributed by atoms with Gasteiger partial charge in [0.25, 0.3) is 0 Å². The Morgan fingerprint density at radius 1 is 1.38 bits per heavy atom. The number of aromatic nitrogens is 3. The summed E-state index contributed by atoms with van der Waals surface area (Å²) >= 11 is 3.10. The molecule has 21 heavy (non-hydrogen) atoms. The van der Waals surface area contributed by atoms with Crippen LogP contribution in [0.25, 0.3) is 10.3 Å². The van der Waals surface area contributed by atoms with Crippen molar-refractivity contribution in [2.45, 2.75) is 37.3 Å². The molecule has 114 valence electrons. The number of carbonyl (C=O) groups is 1. The number of anilines is 1. The molecule has 0 bridgehead atoms. The number of likely N-dealkylation sites (N-methyl/N-ethyl adjacent to an activating group) is 1.